The van der Waals surface area contributed by atoms with E-state index in [2.05, 4.69) is 39.3 Å². The maximum atomic E-state index is 13.0. The fraction of sp³-hybridized carbons (Fsp3) is 0.520. The van der Waals surface area contributed by atoms with Crippen LogP contribution in [-0.4, -0.2) is 40.4 Å². The van der Waals surface area contributed by atoms with E-state index in [0.29, 0.717) is 23.0 Å². The number of nitrogens with one attached hydrogen (secondary N) is 3. The molecule has 1 saturated carbocycles. The number of nitrogens with zero attached hydrogens (tertiary/aromatic N) is 2. The van der Waals surface area contributed by atoms with Crippen molar-refractivity contribution in [2.24, 2.45) is 11.3 Å². The summed E-state index contributed by atoms with van der Waals surface area (Å²) in [6.45, 7) is 6.60. The third kappa shape index (κ3) is 4.97. The minimum atomic E-state index is -0.189. The molecule has 2 aliphatic rings. The van der Waals surface area contributed by atoms with Gasteiger partial charge in [0.25, 0.3) is 5.91 Å². The summed E-state index contributed by atoms with van der Waals surface area (Å²) >= 11 is 6.55. The minimum absolute atomic E-state index is 0.0196. The van der Waals surface area contributed by atoms with Gasteiger partial charge in [0.2, 0.25) is 11.8 Å². The Morgan fingerprint density at radius 1 is 1.18 bits per heavy atom. The molecule has 182 valence electrons. The molecular formula is C25H32ClN5O3. The van der Waals surface area contributed by atoms with Gasteiger partial charge in [0.05, 0.1) is 5.02 Å². The smallest absolute Gasteiger partial charge is 0.267 e. The molecule has 1 aliphatic heterocycles. The van der Waals surface area contributed by atoms with Gasteiger partial charge in [-0.05, 0) is 43.2 Å². The summed E-state index contributed by atoms with van der Waals surface area (Å²) in [6.07, 6.45) is 5.51. The highest BCUT2D eigenvalue weighted by molar-refractivity contribution is 6.33. The number of carbonyl (C=O) groups is 3. The average Bonchev–Trinajstić information content (AvgIpc) is 3.27. The molecule has 3 amide bonds. The second-order valence-corrected chi connectivity index (χ2v) is 10.6. The van der Waals surface area contributed by atoms with Gasteiger partial charge in [-0.2, -0.15) is 0 Å². The fourth-order valence-corrected chi connectivity index (χ4v) is 5.44. The predicted molar refractivity (Wildman–Crippen MR) is 132 cm³/mol. The topological polar surface area (TPSA) is 105 Å². The number of hydrogen-bond donors (Lipinski definition) is 3. The third-order valence-electron chi connectivity index (χ3n) is 6.75. The van der Waals surface area contributed by atoms with Crippen LogP contribution < -0.4 is 16.0 Å². The van der Waals surface area contributed by atoms with Crippen molar-refractivity contribution < 1.29 is 14.4 Å². The summed E-state index contributed by atoms with van der Waals surface area (Å²) in [6, 6.07) is 3.67. The average molecular weight is 486 g/mol. The van der Waals surface area contributed by atoms with E-state index in [0.717, 1.165) is 49.0 Å². The molecule has 0 unspecified atom stereocenters. The van der Waals surface area contributed by atoms with E-state index in [1.165, 1.54) is 13.1 Å². The lowest BCUT2D eigenvalue weighted by atomic mass is 9.85. The number of carbonyl (C=O) groups excluding carboxylic acids is 3. The van der Waals surface area contributed by atoms with Gasteiger partial charge in [0.1, 0.15) is 11.5 Å². The summed E-state index contributed by atoms with van der Waals surface area (Å²) in [5.74, 6) is -0.0924. The lowest BCUT2D eigenvalue weighted by molar-refractivity contribution is -0.123. The van der Waals surface area contributed by atoms with Crippen LogP contribution in [-0.2, 0) is 22.6 Å². The van der Waals surface area contributed by atoms with Gasteiger partial charge in [0, 0.05) is 55.5 Å². The van der Waals surface area contributed by atoms with Crippen LogP contribution >= 0.6 is 11.6 Å². The van der Waals surface area contributed by atoms with E-state index >= 15 is 0 Å². The van der Waals surface area contributed by atoms with E-state index in [1.807, 2.05) is 6.07 Å². The first kappa shape index (κ1) is 24.3. The quantitative estimate of drug-likeness (QED) is 0.599. The number of anilines is 1. The molecule has 0 spiro atoms. The molecule has 0 bridgehead atoms. The Hall–Kier alpha value is -2.87. The molecule has 0 saturated heterocycles. The molecule has 2 aromatic heterocycles. The molecule has 34 heavy (non-hydrogen) atoms. The van der Waals surface area contributed by atoms with Crippen LogP contribution in [0.5, 0.6) is 0 Å². The predicted octanol–water partition coefficient (Wildman–Crippen LogP) is 3.78. The van der Waals surface area contributed by atoms with Crippen molar-refractivity contribution in [3.8, 4) is 11.1 Å². The van der Waals surface area contributed by atoms with Crippen molar-refractivity contribution in [3.05, 3.63) is 34.7 Å². The molecule has 8 nitrogen and oxygen atoms in total. The number of amides is 3. The SMILES string of the molecule is CNC(=O)c1cc(-c2cc(NC(=O)[C@H]3CCC[C@@H](NC(C)=O)C3)ncc2Cl)c2n1CC(C)(C)C2. The number of aromatic nitrogens is 2. The second kappa shape index (κ2) is 9.41. The van der Waals surface area contributed by atoms with E-state index in [9.17, 15) is 14.4 Å². The normalized spacial score (nSPS) is 21.0. The lowest BCUT2D eigenvalue weighted by Crippen LogP contribution is -2.40. The summed E-state index contributed by atoms with van der Waals surface area (Å²) in [7, 11) is 1.62. The Bertz CT molecular complexity index is 1140. The number of pyridine rings is 1. The van der Waals surface area contributed by atoms with Gasteiger partial charge in [-0.15, -0.1) is 0 Å². The van der Waals surface area contributed by atoms with Crippen molar-refractivity contribution >= 4 is 35.1 Å². The van der Waals surface area contributed by atoms with Crippen LogP contribution in [0.3, 0.4) is 0 Å². The molecule has 3 N–H and O–H groups in total. The molecule has 2 aromatic rings. The van der Waals surface area contributed by atoms with Crippen LogP contribution in [0.2, 0.25) is 5.02 Å². The molecular weight excluding hydrogens is 454 g/mol. The molecule has 1 aliphatic carbocycles. The first-order chi connectivity index (χ1) is 16.1. The first-order valence-electron chi connectivity index (χ1n) is 11.8. The highest BCUT2D eigenvalue weighted by Crippen LogP contribution is 2.42. The Balaban J connectivity index is 1.60. The minimum Gasteiger partial charge on any atom is -0.354 e. The third-order valence-corrected chi connectivity index (χ3v) is 7.05. The zero-order valence-electron chi connectivity index (χ0n) is 20.1. The van der Waals surface area contributed by atoms with Crippen LogP contribution in [0.1, 0.15) is 62.6 Å². The molecule has 2 atom stereocenters. The van der Waals surface area contributed by atoms with Gasteiger partial charge in [-0.25, -0.2) is 4.98 Å². The van der Waals surface area contributed by atoms with Gasteiger partial charge >= 0.3 is 0 Å². The van der Waals surface area contributed by atoms with Gasteiger partial charge in [0.15, 0.2) is 0 Å². The van der Waals surface area contributed by atoms with Crippen molar-refractivity contribution in [1.82, 2.24) is 20.2 Å². The van der Waals surface area contributed by atoms with Crippen LogP contribution in [0.4, 0.5) is 5.82 Å². The molecule has 1 fully saturated rings. The molecule has 9 heteroatoms. The van der Waals surface area contributed by atoms with E-state index in [-0.39, 0.29) is 35.1 Å². The van der Waals surface area contributed by atoms with Crippen molar-refractivity contribution in [3.63, 3.8) is 0 Å². The van der Waals surface area contributed by atoms with Gasteiger partial charge in [-0.3, -0.25) is 14.4 Å². The second-order valence-electron chi connectivity index (χ2n) is 10.2. The summed E-state index contributed by atoms with van der Waals surface area (Å²) < 4.78 is 2.06. The maximum absolute atomic E-state index is 13.0. The Kier molecular flexibility index (Phi) is 6.71. The number of fused-ring (bicyclic) bond motifs is 1. The zero-order chi connectivity index (χ0) is 24.6. The van der Waals surface area contributed by atoms with Crippen molar-refractivity contribution in [1.29, 1.82) is 0 Å². The van der Waals surface area contributed by atoms with Crippen LogP contribution in [0, 0.1) is 11.3 Å². The number of hydrogen-bond acceptors (Lipinski definition) is 4. The monoisotopic (exact) mass is 485 g/mol. The fourth-order valence-electron chi connectivity index (χ4n) is 5.23. The van der Waals surface area contributed by atoms with Crippen LogP contribution in [0.15, 0.2) is 18.3 Å². The maximum Gasteiger partial charge on any atom is 0.267 e. The van der Waals surface area contributed by atoms with Crippen LogP contribution in [0.25, 0.3) is 11.1 Å². The van der Waals surface area contributed by atoms with Gasteiger partial charge < -0.3 is 20.5 Å². The lowest BCUT2D eigenvalue weighted by Gasteiger charge is -2.28. The Morgan fingerprint density at radius 3 is 2.65 bits per heavy atom. The van der Waals surface area contributed by atoms with E-state index < -0.39 is 0 Å². The number of halogens is 1. The summed E-state index contributed by atoms with van der Waals surface area (Å²) in [5, 5.41) is 9.05. The zero-order valence-corrected chi connectivity index (χ0v) is 20.9. The standard InChI is InChI=1S/C25H32ClN5O3/c1-14(32)29-16-7-5-6-15(8-16)23(33)30-22-10-17(19(26)12-28-22)18-9-20(24(34)27-4)31-13-25(2,3)11-21(18)31/h9-10,12,15-16H,5-8,11,13H2,1-4H3,(H,27,34)(H,29,32)(H,28,30,33)/t15-,16+/m0/s1. The first-order valence-corrected chi connectivity index (χ1v) is 12.1. The van der Waals surface area contributed by atoms with Crippen molar-refractivity contribution in [2.45, 2.75) is 65.5 Å². The van der Waals surface area contributed by atoms with Crippen molar-refractivity contribution in [2.75, 3.05) is 12.4 Å². The highest BCUT2D eigenvalue weighted by Gasteiger charge is 2.35. The highest BCUT2D eigenvalue weighted by atomic mass is 35.5. The largest absolute Gasteiger partial charge is 0.354 e. The van der Waals surface area contributed by atoms with E-state index in [1.54, 1.807) is 13.1 Å². The summed E-state index contributed by atoms with van der Waals surface area (Å²) in [5.41, 5.74) is 3.30. The van der Waals surface area contributed by atoms with E-state index in [4.69, 9.17) is 11.6 Å². The Morgan fingerprint density at radius 2 is 1.94 bits per heavy atom. The molecule has 0 radical (unpaired) electrons. The Labute approximate surface area is 204 Å². The van der Waals surface area contributed by atoms with Gasteiger partial charge in [-0.1, -0.05) is 31.9 Å². The molecule has 0 aromatic carbocycles. The molecule has 4 rings (SSSR count). The molecule has 3 heterocycles. The summed E-state index contributed by atoms with van der Waals surface area (Å²) in [4.78, 5) is 41.3. The number of rotatable bonds is 5.